The third-order valence-corrected chi connectivity index (χ3v) is 6.96. The van der Waals surface area contributed by atoms with Crippen LogP contribution in [-0.2, 0) is 9.53 Å². The molecule has 2 aliphatic rings. The SMILES string of the molecule is COCC1(CNC(=O)C2CC(c3c(-c4ccc(F)cc4)[nH]c4c(F)cc(F)cc34)C2)CC1. The van der Waals surface area contributed by atoms with E-state index in [0.717, 1.165) is 24.5 Å². The van der Waals surface area contributed by atoms with Gasteiger partial charge in [0, 0.05) is 36.4 Å². The molecular weight excluding hydrogens is 417 g/mol. The number of carbonyl (C=O) groups is 1. The van der Waals surface area contributed by atoms with Crippen LogP contribution in [0.25, 0.3) is 22.2 Å². The maximum absolute atomic E-state index is 14.5. The molecule has 2 aliphatic carbocycles. The standard InChI is InChI=1S/C25H25F3N2O2/c1-32-13-25(6-7-25)12-29-24(31)16-8-15(9-16)21-19-10-18(27)11-20(28)23(19)30-22(21)14-2-4-17(26)5-3-14/h2-5,10-11,15-16,30H,6-9,12-13H2,1H3,(H,29,31). The second kappa shape index (κ2) is 7.96. The number of halogens is 3. The Bertz CT molecular complexity index is 1160. The fourth-order valence-corrected chi connectivity index (χ4v) is 4.85. The van der Waals surface area contributed by atoms with Crippen molar-refractivity contribution in [3.05, 3.63) is 59.4 Å². The smallest absolute Gasteiger partial charge is 0.223 e. The van der Waals surface area contributed by atoms with Crippen LogP contribution in [0, 0.1) is 28.8 Å². The normalized spacial score (nSPS) is 21.4. The molecule has 2 fully saturated rings. The van der Waals surface area contributed by atoms with Crippen LogP contribution >= 0.6 is 0 Å². The summed E-state index contributed by atoms with van der Waals surface area (Å²) in [5, 5.41) is 3.53. The zero-order valence-electron chi connectivity index (χ0n) is 17.8. The van der Waals surface area contributed by atoms with Crippen LogP contribution in [-0.4, -0.2) is 31.2 Å². The van der Waals surface area contributed by atoms with Crippen LogP contribution in [0.1, 0.15) is 37.2 Å². The lowest BCUT2D eigenvalue weighted by molar-refractivity contribution is -0.128. The van der Waals surface area contributed by atoms with Crippen LogP contribution in [0.3, 0.4) is 0 Å². The number of fused-ring (bicyclic) bond motifs is 1. The summed E-state index contributed by atoms with van der Waals surface area (Å²) in [7, 11) is 1.67. The lowest BCUT2D eigenvalue weighted by Crippen LogP contribution is -2.41. The van der Waals surface area contributed by atoms with E-state index in [1.807, 2.05) is 0 Å². The Morgan fingerprint density at radius 3 is 2.50 bits per heavy atom. The quantitative estimate of drug-likeness (QED) is 0.523. The predicted octanol–water partition coefficient (Wildman–Crippen LogP) is 5.29. The number of H-pyrrole nitrogens is 1. The highest BCUT2D eigenvalue weighted by atomic mass is 19.1. The van der Waals surface area contributed by atoms with E-state index in [1.54, 1.807) is 19.2 Å². The van der Waals surface area contributed by atoms with Gasteiger partial charge in [0.15, 0.2) is 0 Å². The van der Waals surface area contributed by atoms with Crippen molar-refractivity contribution >= 4 is 16.8 Å². The zero-order valence-corrected chi connectivity index (χ0v) is 17.8. The Balaban J connectivity index is 1.39. The fraction of sp³-hybridized carbons (Fsp3) is 0.400. The van der Waals surface area contributed by atoms with Crippen LogP contribution in [0.5, 0.6) is 0 Å². The molecule has 4 nitrogen and oxygen atoms in total. The highest BCUT2D eigenvalue weighted by Gasteiger charge is 2.44. The molecule has 0 spiro atoms. The summed E-state index contributed by atoms with van der Waals surface area (Å²) >= 11 is 0. The van der Waals surface area contributed by atoms with Gasteiger partial charge >= 0.3 is 0 Å². The molecule has 0 atom stereocenters. The van der Waals surface area contributed by atoms with E-state index < -0.39 is 11.6 Å². The molecule has 0 radical (unpaired) electrons. The molecule has 1 amide bonds. The van der Waals surface area contributed by atoms with Gasteiger partial charge in [0.2, 0.25) is 5.91 Å². The Morgan fingerprint density at radius 1 is 1.12 bits per heavy atom. The van der Waals surface area contributed by atoms with E-state index in [4.69, 9.17) is 4.74 Å². The minimum absolute atomic E-state index is 0.0177. The summed E-state index contributed by atoms with van der Waals surface area (Å²) in [4.78, 5) is 15.7. The van der Waals surface area contributed by atoms with Gasteiger partial charge in [0.25, 0.3) is 0 Å². The van der Waals surface area contributed by atoms with Crippen LogP contribution in [0.4, 0.5) is 13.2 Å². The molecule has 0 aliphatic heterocycles. The van der Waals surface area contributed by atoms with Gasteiger partial charge in [-0.15, -0.1) is 0 Å². The topological polar surface area (TPSA) is 54.1 Å². The van der Waals surface area contributed by atoms with E-state index in [2.05, 4.69) is 10.3 Å². The van der Waals surface area contributed by atoms with Gasteiger partial charge in [0.1, 0.15) is 17.5 Å². The van der Waals surface area contributed by atoms with E-state index >= 15 is 0 Å². The molecule has 2 aromatic carbocycles. The Kier molecular flexibility index (Phi) is 5.24. The van der Waals surface area contributed by atoms with Gasteiger partial charge in [-0.25, -0.2) is 13.2 Å². The third kappa shape index (κ3) is 3.79. The monoisotopic (exact) mass is 442 g/mol. The molecule has 5 rings (SSSR count). The summed E-state index contributed by atoms with van der Waals surface area (Å²) in [5.41, 5.74) is 2.43. The minimum Gasteiger partial charge on any atom is -0.384 e. The molecular formula is C25H25F3N2O2. The molecule has 1 heterocycles. The van der Waals surface area contributed by atoms with Crippen LogP contribution in [0.15, 0.2) is 36.4 Å². The van der Waals surface area contributed by atoms with Gasteiger partial charge in [-0.1, -0.05) is 0 Å². The number of methoxy groups -OCH3 is 1. The maximum atomic E-state index is 14.5. The number of hydrogen-bond donors (Lipinski definition) is 2. The van der Waals surface area contributed by atoms with Crippen molar-refractivity contribution < 1.29 is 22.7 Å². The first-order valence-corrected chi connectivity index (χ1v) is 10.9. The maximum Gasteiger partial charge on any atom is 0.223 e. The van der Waals surface area contributed by atoms with Gasteiger partial charge in [-0.05, 0) is 73.1 Å². The van der Waals surface area contributed by atoms with Crippen molar-refractivity contribution in [2.45, 2.75) is 31.6 Å². The van der Waals surface area contributed by atoms with Gasteiger partial charge in [0.05, 0.1) is 17.8 Å². The number of hydrogen-bond acceptors (Lipinski definition) is 2. The van der Waals surface area contributed by atoms with Crippen LogP contribution < -0.4 is 5.32 Å². The number of benzene rings is 2. The molecule has 1 aromatic heterocycles. The Hall–Kier alpha value is -2.80. The lowest BCUT2D eigenvalue weighted by atomic mass is 9.70. The number of ether oxygens (including phenoxy) is 1. The molecule has 2 N–H and O–H groups in total. The highest BCUT2D eigenvalue weighted by Crippen LogP contribution is 2.49. The Labute approximate surface area is 184 Å². The third-order valence-electron chi connectivity index (χ3n) is 6.96. The molecule has 32 heavy (non-hydrogen) atoms. The van der Waals surface area contributed by atoms with Gasteiger partial charge in [-0.3, -0.25) is 4.79 Å². The van der Waals surface area contributed by atoms with E-state index in [1.165, 1.54) is 18.2 Å². The largest absolute Gasteiger partial charge is 0.384 e. The number of rotatable bonds is 7. The Morgan fingerprint density at radius 2 is 1.84 bits per heavy atom. The first kappa shape index (κ1) is 21.1. The summed E-state index contributed by atoms with van der Waals surface area (Å²) in [5.74, 6) is -1.83. The van der Waals surface area contributed by atoms with E-state index in [0.29, 0.717) is 42.6 Å². The average molecular weight is 442 g/mol. The van der Waals surface area contributed by atoms with Crippen molar-refractivity contribution in [3.63, 3.8) is 0 Å². The van der Waals surface area contributed by atoms with Crippen molar-refractivity contribution in [1.82, 2.24) is 10.3 Å². The number of aromatic amines is 1. The molecule has 3 aromatic rings. The number of amides is 1. The highest BCUT2D eigenvalue weighted by molar-refractivity contribution is 5.92. The fourth-order valence-electron chi connectivity index (χ4n) is 4.85. The molecule has 2 saturated carbocycles. The number of nitrogens with one attached hydrogen (secondary N) is 2. The summed E-state index contributed by atoms with van der Waals surface area (Å²) < 4.78 is 47.2. The van der Waals surface area contributed by atoms with Crippen molar-refractivity contribution in [2.75, 3.05) is 20.3 Å². The van der Waals surface area contributed by atoms with E-state index in [9.17, 15) is 18.0 Å². The molecule has 168 valence electrons. The minimum atomic E-state index is -0.670. The van der Waals surface area contributed by atoms with E-state index in [-0.39, 0.29) is 34.5 Å². The summed E-state index contributed by atoms with van der Waals surface area (Å²) in [6.45, 7) is 1.26. The van der Waals surface area contributed by atoms with Crippen molar-refractivity contribution in [3.8, 4) is 11.3 Å². The second-order valence-corrected chi connectivity index (χ2v) is 9.25. The molecule has 0 saturated heterocycles. The molecule has 0 bridgehead atoms. The summed E-state index contributed by atoms with van der Waals surface area (Å²) in [6.07, 6.45) is 3.31. The predicted molar refractivity (Wildman–Crippen MR) is 116 cm³/mol. The van der Waals surface area contributed by atoms with Gasteiger partial charge in [-0.2, -0.15) is 0 Å². The first-order valence-electron chi connectivity index (χ1n) is 10.9. The average Bonchev–Trinajstić information content (AvgIpc) is 3.39. The van der Waals surface area contributed by atoms with Gasteiger partial charge < -0.3 is 15.0 Å². The molecule has 0 unspecified atom stereocenters. The molecule has 7 heteroatoms. The lowest BCUT2D eigenvalue weighted by Gasteiger charge is -2.35. The number of aromatic nitrogens is 1. The van der Waals surface area contributed by atoms with Crippen LogP contribution in [0.2, 0.25) is 0 Å². The van der Waals surface area contributed by atoms with Crippen molar-refractivity contribution in [1.29, 1.82) is 0 Å². The summed E-state index contributed by atoms with van der Waals surface area (Å²) in [6, 6.07) is 8.09. The second-order valence-electron chi connectivity index (χ2n) is 9.25. The first-order chi connectivity index (χ1) is 15.4. The van der Waals surface area contributed by atoms with Crippen molar-refractivity contribution in [2.24, 2.45) is 11.3 Å². The number of carbonyl (C=O) groups excluding carboxylic acids is 1. The zero-order chi connectivity index (χ0) is 22.5.